The van der Waals surface area contributed by atoms with Gasteiger partial charge in [0.1, 0.15) is 0 Å². The molecular formula is C31H29Cl3N8O3. The third kappa shape index (κ3) is 6.39. The molecule has 1 aliphatic rings. The van der Waals surface area contributed by atoms with Crippen LogP contribution in [0.2, 0.25) is 15.2 Å². The normalized spacial score (nSPS) is 16.9. The maximum absolute atomic E-state index is 13.9. The molecule has 14 heteroatoms. The van der Waals surface area contributed by atoms with Crippen LogP contribution in [0.4, 0.5) is 5.69 Å². The highest BCUT2D eigenvalue weighted by molar-refractivity contribution is 6.34. The molecule has 45 heavy (non-hydrogen) atoms. The highest BCUT2D eigenvalue weighted by Gasteiger charge is 2.25. The lowest BCUT2D eigenvalue weighted by molar-refractivity contribution is -0.119. The summed E-state index contributed by atoms with van der Waals surface area (Å²) in [5.41, 5.74) is 4.22. The van der Waals surface area contributed by atoms with Crippen LogP contribution in [0.3, 0.4) is 0 Å². The van der Waals surface area contributed by atoms with E-state index in [4.69, 9.17) is 44.5 Å². The first-order valence-electron chi connectivity index (χ1n) is 14.3. The summed E-state index contributed by atoms with van der Waals surface area (Å²) in [7, 11) is 1.63. The molecule has 1 N–H and O–H groups in total. The number of anilines is 1. The van der Waals surface area contributed by atoms with Gasteiger partial charge >= 0.3 is 0 Å². The van der Waals surface area contributed by atoms with Gasteiger partial charge in [-0.3, -0.25) is 19.3 Å². The van der Waals surface area contributed by atoms with E-state index in [1.54, 1.807) is 59.3 Å². The molecule has 0 fully saturated rings. The summed E-state index contributed by atoms with van der Waals surface area (Å²) in [6.07, 6.45) is 8.38. The zero-order valence-electron chi connectivity index (χ0n) is 24.5. The van der Waals surface area contributed by atoms with Crippen LogP contribution in [-0.2, 0) is 16.1 Å². The van der Waals surface area contributed by atoms with Gasteiger partial charge in [-0.2, -0.15) is 5.10 Å². The molecule has 2 bridgehead atoms. The van der Waals surface area contributed by atoms with Gasteiger partial charge in [0.15, 0.2) is 5.15 Å². The van der Waals surface area contributed by atoms with E-state index in [1.165, 1.54) is 10.7 Å². The second kappa shape index (κ2) is 13.1. The van der Waals surface area contributed by atoms with Crippen LogP contribution in [0, 0.1) is 5.92 Å². The lowest BCUT2D eigenvalue weighted by Gasteiger charge is -2.23. The fourth-order valence-corrected chi connectivity index (χ4v) is 6.16. The monoisotopic (exact) mass is 666 g/mol. The minimum absolute atomic E-state index is 0.0931. The smallest absolute Gasteiger partial charge is 0.251 e. The number of pyridine rings is 2. The molecule has 1 amide bonds. The fourth-order valence-electron chi connectivity index (χ4n) is 5.60. The van der Waals surface area contributed by atoms with Gasteiger partial charge in [-0.1, -0.05) is 53.4 Å². The van der Waals surface area contributed by atoms with Crippen molar-refractivity contribution in [3.05, 3.63) is 92.4 Å². The zero-order valence-corrected chi connectivity index (χ0v) is 26.7. The van der Waals surface area contributed by atoms with Crippen molar-refractivity contribution in [2.45, 2.75) is 38.8 Å². The SMILES string of the molecule is COCCn1ncc2c1-c1ccnc(c1)C(n1cc(Cl)c(-c3cc(Cl)ccc3-n3cc(Cl)nn3)cc1=O)CCCC(C)C(=O)N2. The van der Waals surface area contributed by atoms with E-state index in [-0.39, 0.29) is 22.5 Å². The highest BCUT2D eigenvalue weighted by atomic mass is 35.5. The molecule has 5 heterocycles. The number of fused-ring (bicyclic) bond motifs is 4. The van der Waals surface area contributed by atoms with E-state index in [0.29, 0.717) is 70.7 Å². The van der Waals surface area contributed by atoms with E-state index < -0.39 is 6.04 Å². The lowest BCUT2D eigenvalue weighted by atomic mass is 9.96. The molecule has 1 aromatic carbocycles. The number of methoxy groups -OCH3 is 1. The van der Waals surface area contributed by atoms with Crippen molar-refractivity contribution in [1.29, 1.82) is 0 Å². The molecule has 1 aliphatic heterocycles. The molecule has 0 saturated heterocycles. The Morgan fingerprint density at radius 1 is 1.04 bits per heavy atom. The number of halogens is 3. The second-order valence-electron chi connectivity index (χ2n) is 10.9. The Morgan fingerprint density at radius 3 is 2.67 bits per heavy atom. The predicted molar refractivity (Wildman–Crippen MR) is 173 cm³/mol. The number of aromatic nitrogens is 7. The summed E-state index contributed by atoms with van der Waals surface area (Å²) >= 11 is 19.3. The number of carbonyl (C=O) groups excluding carboxylic acids is 1. The van der Waals surface area contributed by atoms with Crippen molar-refractivity contribution < 1.29 is 9.53 Å². The second-order valence-corrected chi connectivity index (χ2v) is 12.1. The first kappa shape index (κ1) is 31.0. The number of hydrogen-bond acceptors (Lipinski definition) is 7. The number of amides is 1. The van der Waals surface area contributed by atoms with E-state index in [1.807, 2.05) is 19.1 Å². The molecule has 0 aliphatic carbocycles. The number of hydrogen-bond donors (Lipinski definition) is 1. The topological polar surface area (TPSA) is 122 Å². The van der Waals surface area contributed by atoms with Gasteiger partial charge in [0.25, 0.3) is 5.56 Å². The number of nitrogens with zero attached hydrogens (tertiary/aromatic N) is 7. The van der Waals surface area contributed by atoms with E-state index in [9.17, 15) is 9.59 Å². The Hall–Kier alpha value is -4.03. The summed E-state index contributed by atoms with van der Waals surface area (Å²) in [5, 5.41) is 16.5. The first-order chi connectivity index (χ1) is 21.7. The van der Waals surface area contributed by atoms with E-state index in [0.717, 1.165) is 11.3 Å². The molecule has 0 radical (unpaired) electrons. The predicted octanol–water partition coefficient (Wildman–Crippen LogP) is 6.31. The summed E-state index contributed by atoms with van der Waals surface area (Å²) in [6.45, 7) is 2.82. The maximum Gasteiger partial charge on any atom is 0.251 e. The highest BCUT2D eigenvalue weighted by Crippen LogP contribution is 2.36. The van der Waals surface area contributed by atoms with E-state index in [2.05, 4.69) is 20.7 Å². The number of benzene rings is 1. The number of nitrogens with one attached hydrogen (secondary N) is 1. The molecule has 2 unspecified atom stereocenters. The van der Waals surface area contributed by atoms with Gasteiger partial charge in [-0.25, -0.2) is 4.68 Å². The van der Waals surface area contributed by atoms with Crippen molar-refractivity contribution in [3.8, 4) is 28.1 Å². The van der Waals surface area contributed by atoms with Gasteiger partial charge in [-0.15, -0.1) is 5.10 Å². The van der Waals surface area contributed by atoms with Gasteiger partial charge in [0, 0.05) is 53.2 Å². The van der Waals surface area contributed by atoms with Crippen LogP contribution in [0.15, 0.2) is 66.0 Å². The van der Waals surface area contributed by atoms with Crippen LogP contribution >= 0.6 is 34.8 Å². The molecular weight excluding hydrogens is 639 g/mol. The number of carbonyl (C=O) groups is 1. The van der Waals surface area contributed by atoms with Crippen LogP contribution in [0.25, 0.3) is 28.1 Å². The van der Waals surface area contributed by atoms with E-state index >= 15 is 0 Å². The van der Waals surface area contributed by atoms with Crippen molar-refractivity contribution in [1.82, 2.24) is 34.3 Å². The minimum atomic E-state index is -0.453. The molecule has 232 valence electrons. The summed E-state index contributed by atoms with van der Waals surface area (Å²) in [6, 6.07) is 10.0. The lowest BCUT2D eigenvalue weighted by Crippen LogP contribution is -2.27. The Bertz CT molecular complexity index is 1940. The van der Waals surface area contributed by atoms with Gasteiger partial charge < -0.3 is 14.6 Å². The van der Waals surface area contributed by atoms with Gasteiger partial charge in [0.2, 0.25) is 5.91 Å². The molecule has 11 nitrogen and oxygen atoms in total. The van der Waals surface area contributed by atoms with Gasteiger partial charge in [0.05, 0.1) is 59.4 Å². The molecule has 4 aromatic heterocycles. The van der Waals surface area contributed by atoms with Gasteiger partial charge in [-0.05, 0) is 43.2 Å². The maximum atomic E-state index is 13.9. The third-order valence-corrected chi connectivity index (χ3v) is 8.60. The van der Waals surface area contributed by atoms with Crippen LogP contribution in [0.5, 0.6) is 0 Å². The number of ether oxygens (including phenoxy) is 1. The largest absolute Gasteiger partial charge is 0.383 e. The average molecular weight is 668 g/mol. The Kier molecular flexibility index (Phi) is 9.04. The van der Waals surface area contributed by atoms with Crippen molar-refractivity contribution in [3.63, 3.8) is 0 Å². The van der Waals surface area contributed by atoms with Crippen LogP contribution in [0.1, 0.15) is 37.9 Å². The average Bonchev–Trinajstić information content (AvgIpc) is 3.64. The minimum Gasteiger partial charge on any atom is -0.383 e. The summed E-state index contributed by atoms with van der Waals surface area (Å²) in [4.78, 5) is 31.8. The Morgan fingerprint density at radius 2 is 1.89 bits per heavy atom. The van der Waals surface area contributed by atoms with Crippen molar-refractivity contribution in [2.75, 3.05) is 19.0 Å². The molecule has 0 spiro atoms. The summed E-state index contributed by atoms with van der Waals surface area (Å²) < 4.78 is 10.2. The van der Waals surface area contributed by atoms with Crippen molar-refractivity contribution >= 4 is 46.4 Å². The summed E-state index contributed by atoms with van der Waals surface area (Å²) in [5.74, 6) is -0.356. The van der Waals surface area contributed by atoms with Crippen molar-refractivity contribution in [2.24, 2.45) is 5.92 Å². The molecule has 6 rings (SSSR count). The standard InChI is InChI=1S/C31H29Cl3N8O3/c1-18-4-3-5-27(24-12-19(8-9-35-24)30-25(37-31(18)44)15-36-41(30)10-11-45-2)40-16-23(33)21(14-29(40)43)22-13-20(32)6-7-26(22)42-17-28(34)38-39-42/h6-9,12-18,27H,3-5,10-11H2,1-2H3,(H,37,44). The Balaban J connectivity index is 1.46. The zero-order chi connectivity index (χ0) is 31.7. The van der Waals surface area contributed by atoms with Crippen LogP contribution < -0.4 is 10.9 Å². The molecule has 0 saturated carbocycles. The third-order valence-electron chi connectivity index (χ3n) is 7.89. The fraction of sp³-hybridized carbons (Fsp3) is 0.290. The molecule has 5 aromatic rings. The quantitative estimate of drug-likeness (QED) is 0.225. The first-order valence-corrected chi connectivity index (χ1v) is 15.5. The molecule has 2 atom stereocenters. The number of rotatable bonds is 6. The van der Waals surface area contributed by atoms with Crippen LogP contribution in [-0.4, -0.2) is 53.9 Å². The Labute approximate surface area is 273 Å².